The molecule has 0 bridgehead atoms. The largest absolute Gasteiger partial charge is 0.494 e. The third-order valence-electron chi connectivity index (χ3n) is 6.01. The number of carbonyl (C=O) groups excluding carboxylic acids is 2. The van der Waals surface area contributed by atoms with Gasteiger partial charge in [0.1, 0.15) is 0 Å². The average molecular weight is 503 g/mol. The molecular weight excluding hydrogens is 464 g/mol. The molecule has 196 valence electrons. The Kier molecular flexibility index (Phi) is 7.96. The van der Waals surface area contributed by atoms with Gasteiger partial charge in [-0.2, -0.15) is 0 Å². The highest BCUT2D eigenvalue weighted by Gasteiger charge is 2.22. The predicted octanol–water partition coefficient (Wildman–Crippen LogP) is 5.97. The zero-order valence-electron chi connectivity index (χ0n) is 23.1. The first-order valence-electron chi connectivity index (χ1n) is 12.3. The van der Waals surface area contributed by atoms with Crippen molar-refractivity contribution in [3.63, 3.8) is 0 Å². The lowest BCUT2D eigenvalue weighted by molar-refractivity contribution is 0.0938. The number of carbonyl (C=O) groups is 2. The highest BCUT2D eigenvalue weighted by atomic mass is 16.5. The van der Waals surface area contributed by atoms with Gasteiger partial charge in [-0.15, -0.1) is 0 Å². The van der Waals surface area contributed by atoms with E-state index in [9.17, 15) is 9.59 Å². The van der Waals surface area contributed by atoms with Gasteiger partial charge in [0.25, 0.3) is 11.8 Å². The van der Waals surface area contributed by atoms with Crippen LogP contribution in [0.5, 0.6) is 5.75 Å². The van der Waals surface area contributed by atoms with E-state index in [0.29, 0.717) is 34.8 Å². The molecule has 0 saturated heterocycles. The fourth-order valence-corrected chi connectivity index (χ4v) is 3.82. The molecule has 7 heteroatoms. The first kappa shape index (κ1) is 27.7. The van der Waals surface area contributed by atoms with Gasteiger partial charge in [0.2, 0.25) is 0 Å². The lowest BCUT2D eigenvalue weighted by Gasteiger charge is -2.22. The van der Waals surface area contributed by atoms with E-state index in [0.717, 1.165) is 22.4 Å². The minimum atomic E-state index is -0.336. The Bertz CT molecular complexity index is 1300. The number of hydrogen-bond acceptors (Lipinski definition) is 5. The molecule has 0 saturated carbocycles. The number of aryl methyl sites for hydroxylation is 1. The Morgan fingerprint density at radius 2 is 1.62 bits per heavy atom. The van der Waals surface area contributed by atoms with Crippen LogP contribution >= 0.6 is 0 Å². The number of ether oxygens (including phenoxy) is 1. The van der Waals surface area contributed by atoms with Crippen molar-refractivity contribution in [3.05, 3.63) is 71.0 Å². The van der Waals surface area contributed by atoms with Gasteiger partial charge in [-0.05, 0) is 59.2 Å². The molecule has 0 unspecified atom stereocenters. The Labute approximate surface area is 219 Å². The van der Waals surface area contributed by atoms with Crippen molar-refractivity contribution in [2.45, 2.75) is 53.9 Å². The molecule has 0 atom stereocenters. The van der Waals surface area contributed by atoms with Gasteiger partial charge in [-0.3, -0.25) is 14.6 Å². The maximum absolute atomic E-state index is 13.3. The summed E-state index contributed by atoms with van der Waals surface area (Å²) < 4.78 is 5.45. The Morgan fingerprint density at radius 1 is 0.973 bits per heavy atom. The molecule has 3 aromatic rings. The normalized spacial score (nSPS) is 11.7. The number of nitrogens with one attached hydrogen (secondary N) is 2. The van der Waals surface area contributed by atoms with Crippen molar-refractivity contribution in [3.8, 4) is 16.9 Å². The van der Waals surface area contributed by atoms with E-state index in [4.69, 9.17) is 10.5 Å². The number of aromatic nitrogens is 1. The summed E-state index contributed by atoms with van der Waals surface area (Å²) in [5.41, 5.74) is 11.4. The van der Waals surface area contributed by atoms with Crippen molar-refractivity contribution in [1.29, 1.82) is 0 Å². The number of benzene rings is 2. The second-order valence-electron chi connectivity index (χ2n) is 11.5. The van der Waals surface area contributed by atoms with Crippen LogP contribution in [0.2, 0.25) is 0 Å². The maximum Gasteiger partial charge on any atom is 0.259 e. The quantitative estimate of drug-likeness (QED) is 0.360. The summed E-state index contributed by atoms with van der Waals surface area (Å²) in [4.78, 5) is 30.3. The van der Waals surface area contributed by atoms with Gasteiger partial charge >= 0.3 is 0 Å². The van der Waals surface area contributed by atoms with Crippen LogP contribution in [-0.2, 0) is 5.41 Å². The lowest BCUT2D eigenvalue weighted by Crippen LogP contribution is -2.32. The molecule has 1 aromatic heterocycles. The van der Waals surface area contributed by atoms with Crippen molar-refractivity contribution in [2.75, 3.05) is 24.7 Å². The highest BCUT2D eigenvalue weighted by molar-refractivity contribution is 6.07. The van der Waals surface area contributed by atoms with Gasteiger partial charge in [0, 0.05) is 23.4 Å². The summed E-state index contributed by atoms with van der Waals surface area (Å²) in [5.74, 6) is -0.105. The number of amides is 2. The first-order valence-corrected chi connectivity index (χ1v) is 12.3. The number of nitrogen functional groups attached to an aromatic ring is 1. The number of anilines is 2. The summed E-state index contributed by atoms with van der Waals surface area (Å²) in [5, 5.41) is 5.90. The lowest BCUT2D eigenvalue weighted by atomic mass is 9.85. The minimum absolute atomic E-state index is 0.00700. The van der Waals surface area contributed by atoms with E-state index in [1.54, 1.807) is 18.3 Å². The number of nitrogens with two attached hydrogens (primary N) is 1. The third kappa shape index (κ3) is 6.88. The Balaban J connectivity index is 1.86. The molecule has 2 amide bonds. The fraction of sp³-hybridized carbons (Fsp3) is 0.367. The Morgan fingerprint density at radius 3 is 2.19 bits per heavy atom. The van der Waals surface area contributed by atoms with E-state index in [-0.39, 0.29) is 22.6 Å². The van der Waals surface area contributed by atoms with E-state index in [2.05, 4.69) is 57.2 Å². The van der Waals surface area contributed by atoms with Crippen LogP contribution in [0.25, 0.3) is 11.1 Å². The Hall–Kier alpha value is -3.87. The van der Waals surface area contributed by atoms with Gasteiger partial charge in [0.15, 0.2) is 5.75 Å². The molecule has 2 aromatic carbocycles. The molecule has 0 spiro atoms. The van der Waals surface area contributed by atoms with E-state index in [1.165, 1.54) is 7.11 Å². The number of methoxy groups -OCH3 is 1. The van der Waals surface area contributed by atoms with Crippen LogP contribution in [0.4, 0.5) is 11.4 Å². The summed E-state index contributed by atoms with van der Waals surface area (Å²) in [6, 6.07) is 12.9. The molecule has 7 nitrogen and oxygen atoms in total. The molecule has 0 aliphatic heterocycles. The molecule has 4 N–H and O–H groups in total. The minimum Gasteiger partial charge on any atom is -0.494 e. The highest BCUT2D eigenvalue weighted by Crippen LogP contribution is 2.34. The molecule has 37 heavy (non-hydrogen) atoms. The molecule has 1 heterocycles. The molecule has 0 aliphatic carbocycles. The number of pyridine rings is 1. The van der Waals surface area contributed by atoms with Gasteiger partial charge in [0.05, 0.1) is 30.2 Å². The van der Waals surface area contributed by atoms with Crippen molar-refractivity contribution >= 4 is 23.2 Å². The topological polar surface area (TPSA) is 106 Å². The average Bonchev–Trinajstić information content (AvgIpc) is 2.82. The molecule has 0 fully saturated rings. The number of rotatable bonds is 6. The maximum atomic E-state index is 13.3. The van der Waals surface area contributed by atoms with E-state index < -0.39 is 0 Å². The molecule has 0 radical (unpaired) electrons. The zero-order valence-corrected chi connectivity index (χ0v) is 23.1. The van der Waals surface area contributed by atoms with E-state index >= 15 is 0 Å². The second kappa shape index (κ2) is 10.6. The van der Waals surface area contributed by atoms with Crippen LogP contribution in [0.15, 0.2) is 48.7 Å². The van der Waals surface area contributed by atoms with Gasteiger partial charge in [-0.25, -0.2) is 0 Å². The summed E-state index contributed by atoms with van der Waals surface area (Å²) in [6.45, 7) is 14.9. The van der Waals surface area contributed by atoms with Crippen LogP contribution < -0.4 is 21.1 Å². The monoisotopic (exact) mass is 502 g/mol. The SMILES string of the molecule is COc1c(N)cc(C(C)(C)C)cc1C(=O)Nc1cnc(C)c(-c2ccc(C(=O)NCC(C)(C)C)cc2)c1. The second-order valence-corrected chi connectivity index (χ2v) is 11.5. The summed E-state index contributed by atoms with van der Waals surface area (Å²) >= 11 is 0. The predicted molar refractivity (Wildman–Crippen MR) is 150 cm³/mol. The molecule has 3 rings (SSSR count). The zero-order chi connectivity index (χ0) is 27.5. The smallest absolute Gasteiger partial charge is 0.259 e. The van der Waals surface area contributed by atoms with Crippen molar-refractivity contribution in [1.82, 2.24) is 10.3 Å². The summed E-state index contributed by atoms with van der Waals surface area (Å²) in [6.07, 6.45) is 1.62. The first-order chi connectivity index (χ1) is 17.2. The molecular formula is C30H38N4O3. The summed E-state index contributed by atoms with van der Waals surface area (Å²) in [7, 11) is 1.50. The number of nitrogens with zero attached hydrogens (tertiary/aromatic N) is 1. The van der Waals surface area contributed by atoms with Crippen molar-refractivity contribution < 1.29 is 14.3 Å². The van der Waals surface area contributed by atoms with Crippen LogP contribution in [-0.4, -0.2) is 30.5 Å². The van der Waals surface area contributed by atoms with Crippen molar-refractivity contribution in [2.24, 2.45) is 5.41 Å². The fourth-order valence-electron chi connectivity index (χ4n) is 3.82. The van der Waals surface area contributed by atoms with Gasteiger partial charge < -0.3 is 21.1 Å². The standard InChI is InChI=1S/C30H38N4O3/c1-18-23(19-9-11-20(12-10-19)27(35)33-17-29(2,3)4)15-22(16-32-18)34-28(36)24-13-21(30(5,6)7)14-25(31)26(24)37-8/h9-16H,17,31H2,1-8H3,(H,33,35)(H,34,36). The van der Waals surface area contributed by atoms with Crippen LogP contribution in [0.3, 0.4) is 0 Å². The van der Waals surface area contributed by atoms with E-state index in [1.807, 2.05) is 37.3 Å². The number of hydrogen-bond donors (Lipinski definition) is 3. The van der Waals surface area contributed by atoms with Crippen LogP contribution in [0, 0.1) is 12.3 Å². The molecule has 0 aliphatic rings. The van der Waals surface area contributed by atoms with Crippen LogP contribution in [0.1, 0.15) is 73.5 Å². The third-order valence-corrected chi connectivity index (χ3v) is 6.01. The van der Waals surface area contributed by atoms with Gasteiger partial charge in [-0.1, -0.05) is 53.7 Å².